The van der Waals surface area contributed by atoms with E-state index in [4.69, 9.17) is 4.74 Å². The zero-order chi connectivity index (χ0) is 9.61. The second kappa shape index (κ2) is 7.00. The molecular formula is C6H18O2P4. The summed E-state index contributed by atoms with van der Waals surface area (Å²) in [6.45, 7) is 0. The van der Waals surface area contributed by atoms with Gasteiger partial charge in [-0.3, -0.25) is 0 Å². The van der Waals surface area contributed by atoms with Crippen LogP contribution in [0.4, 0.5) is 0 Å². The van der Waals surface area contributed by atoms with Crippen molar-refractivity contribution in [2.24, 2.45) is 0 Å². The van der Waals surface area contributed by atoms with Crippen LogP contribution >= 0.6 is 37.0 Å². The van der Waals surface area contributed by atoms with Crippen LogP contribution < -0.4 is 0 Å². The number of hydrogen-bond acceptors (Lipinski definition) is 2. The molecule has 0 aromatic heterocycles. The summed E-state index contributed by atoms with van der Waals surface area (Å²) in [6.07, 6.45) is 2.89. The van der Waals surface area contributed by atoms with Gasteiger partial charge in [0.2, 0.25) is 0 Å². The van der Waals surface area contributed by atoms with Crippen molar-refractivity contribution < 1.29 is 9.84 Å². The highest BCUT2D eigenvalue weighted by Crippen LogP contribution is 2.18. The molecule has 0 amide bonds. The van der Waals surface area contributed by atoms with Gasteiger partial charge in [-0.2, -0.15) is 0 Å². The van der Waals surface area contributed by atoms with E-state index in [0.717, 1.165) is 12.3 Å². The number of ether oxygens (including phenoxy) is 1. The van der Waals surface area contributed by atoms with Crippen LogP contribution in [0.1, 0.15) is 0 Å². The molecule has 0 aliphatic rings. The normalized spacial score (nSPS) is 12.5. The maximum atomic E-state index is 9.78. The summed E-state index contributed by atoms with van der Waals surface area (Å²) in [7, 11) is 10.2. The van der Waals surface area contributed by atoms with Crippen molar-refractivity contribution in [3.8, 4) is 0 Å². The fourth-order valence-electron chi connectivity index (χ4n) is 0.682. The quantitative estimate of drug-likeness (QED) is 0.548. The molecule has 0 aliphatic heterocycles. The van der Waals surface area contributed by atoms with E-state index in [1.807, 2.05) is 0 Å². The first-order chi connectivity index (χ1) is 5.61. The van der Waals surface area contributed by atoms with Crippen LogP contribution in [0.2, 0.25) is 0 Å². The Morgan fingerprint density at radius 2 is 1.50 bits per heavy atom. The molecular weight excluding hydrogens is 228 g/mol. The monoisotopic (exact) mass is 246 g/mol. The van der Waals surface area contributed by atoms with Crippen molar-refractivity contribution >= 4 is 37.0 Å². The summed E-state index contributed by atoms with van der Waals surface area (Å²) >= 11 is 0. The molecule has 2 nitrogen and oxygen atoms in total. The predicted molar refractivity (Wildman–Crippen MR) is 68.1 cm³/mol. The minimum absolute atomic E-state index is 0.103. The zero-order valence-electron chi connectivity index (χ0n) is 7.07. The first-order valence-corrected chi connectivity index (χ1v) is 7.09. The van der Waals surface area contributed by atoms with Crippen LogP contribution in [-0.2, 0) is 4.74 Å². The molecule has 6 heteroatoms. The van der Waals surface area contributed by atoms with Crippen molar-refractivity contribution in [2.75, 3.05) is 24.6 Å². The van der Waals surface area contributed by atoms with E-state index in [1.54, 1.807) is 0 Å². The van der Waals surface area contributed by atoms with Gasteiger partial charge in [0.05, 0.1) is 6.10 Å². The molecule has 0 radical (unpaired) electrons. The summed E-state index contributed by atoms with van der Waals surface area (Å²) in [4.78, 5) is 0. The largest absolute Gasteiger partial charge is 0.365 e. The average Bonchev–Trinajstić information content (AvgIpc) is 2.14. The summed E-state index contributed by atoms with van der Waals surface area (Å²) in [6, 6.07) is 0. The number of hydrogen-bond donors (Lipinski definition) is 1. The van der Waals surface area contributed by atoms with Crippen molar-refractivity contribution in [3.05, 3.63) is 0 Å². The van der Waals surface area contributed by atoms with Crippen molar-refractivity contribution in [3.63, 3.8) is 0 Å². The lowest BCUT2D eigenvalue weighted by Gasteiger charge is -2.29. The van der Waals surface area contributed by atoms with E-state index in [9.17, 15) is 5.11 Å². The Labute approximate surface area is 83.8 Å². The van der Waals surface area contributed by atoms with Gasteiger partial charge in [-0.05, 0) is 12.3 Å². The van der Waals surface area contributed by atoms with Crippen LogP contribution in [0.5, 0.6) is 0 Å². The van der Waals surface area contributed by atoms with E-state index in [1.165, 1.54) is 0 Å². The van der Waals surface area contributed by atoms with E-state index < -0.39 is 5.79 Å². The topological polar surface area (TPSA) is 29.5 Å². The average molecular weight is 246 g/mol. The Balaban J connectivity index is 3.99. The third kappa shape index (κ3) is 4.76. The minimum atomic E-state index is -0.993. The molecule has 4 unspecified atom stereocenters. The van der Waals surface area contributed by atoms with Gasteiger partial charge in [-0.1, -0.05) is 0 Å². The van der Waals surface area contributed by atoms with Crippen LogP contribution in [-0.4, -0.2) is 41.6 Å². The van der Waals surface area contributed by atoms with E-state index >= 15 is 0 Å². The van der Waals surface area contributed by atoms with Gasteiger partial charge >= 0.3 is 0 Å². The van der Waals surface area contributed by atoms with Gasteiger partial charge in [0.15, 0.2) is 5.79 Å². The third-order valence-electron chi connectivity index (χ3n) is 1.55. The lowest BCUT2D eigenvalue weighted by molar-refractivity contribution is -0.187. The Hall–Kier alpha value is 1.64. The maximum absolute atomic E-state index is 9.78. The Morgan fingerprint density at radius 1 is 1.08 bits per heavy atom. The molecule has 0 saturated heterocycles. The minimum Gasteiger partial charge on any atom is -0.365 e. The van der Waals surface area contributed by atoms with E-state index in [2.05, 4.69) is 37.0 Å². The summed E-state index contributed by atoms with van der Waals surface area (Å²) in [5, 5.41) is 9.78. The molecule has 1 N–H and O–H groups in total. The molecule has 12 heavy (non-hydrogen) atoms. The van der Waals surface area contributed by atoms with Gasteiger partial charge in [0.25, 0.3) is 0 Å². The first kappa shape index (κ1) is 13.6. The fraction of sp³-hybridized carbons (Fsp3) is 1.00. The molecule has 0 aliphatic carbocycles. The second-order valence-electron chi connectivity index (χ2n) is 2.57. The van der Waals surface area contributed by atoms with Crippen LogP contribution in [0.3, 0.4) is 0 Å². The van der Waals surface area contributed by atoms with Gasteiger partial charge in [0, 0.05) is 12.3 Å². The van der Waals surface area contributed by atoms with Crippen LogP contribution in [0, 0.1) is 0 Å². The Bertz CT molecular complexity index is 114. The molecule has 0 fully saturated rings. The molecule has 4 atom stereocenters. The van der Waals surface area contributed by atoms with Crippen molar-refractivity contribution in [2.45, 2.75) is 11.9 Å². The molecule has 0 heterocycles. The van der Waals surface area contributed by atoms with Crippen LogP contribution in [0.15, 0.2) is 0 Å². The molecule has 0 aromatic rings. The molecule has 0 bridgehead atoms. The fourth-order valence-corrected chi connectivity index (χ4v) is 2.50. The predicted octanol–water partition coefficient (Wildman–Crippen LogP) is 0.561. The summed E-state index contributed by atoms with van der Waals surface area (Å²) < 4.78 is 5.51. The zero-order valence-corrected chi connectivity index (χ0v) is 11.7. The van der Waals surface area contributed by atoms with Gasteiger partial charge in [0.1, 0.15) is 0 Å². The molecule has 0 saturated carbocycles. The first-order valence-electron chi connectivity index (χ1n) is 3.82. The highest BCUT2D eigenvalue weighted by Gasteiger charge is 2.26. The highest BCUT2D eigenvalue weighted by atomic mass is 31.0. The maximum Gasteiger partial charge on any atom is 0.172 e. The van der Waals surface area contributed by atoms with E-state index in [-0.39, 0.29) is 6.10 Å². The van der Waals surface area contributed by atoms with Crippen LogP contribution in [0.25, 0.3) is 0 Å². The highest BCUT2D eigenvalue weighted by molar-refractivity contribution is 7.18. The second-order valence-corrected chi connectivity index (χ2v) is 4.33. The van der Waals surface area contributed by atoms with E-state index in [0.29, 0.717) is 12.3 Å². The molecule has 0 rings (SSSR count). The van der Waals surface area contributed by atoms with Gasteiger partial charge < -0.3 is 9.84 Å². The standard InChI is InChI=1S/C6H18O2P4/c7-6(3-11,4-12)8-5(1-9)2-10/h5,7H,1-4,9-12H2. The van der Waals surface area contributed by atoms with Gasteiger partial charge in [-0.25, -0.2) is 0 Å². The Kier molecular flexibility index (Phi) is 7.96. The lowest BCUT2D eigenvalue weighted by atomic mass is 10.3. The number of aliphatic hydroxyl groups is 1. The van der Waals surface area contributed by atoms with Crippen molar-refractivity contribution in [1.82, 2.24) is 0 Å². The number of rotatable bonds is 6. The Morgan fingerprint density at radius 3 is 1.75 bits per heavy atom. The SMILES string of the molecule is OC(CP)(CP)OC(CP)CP. The molecule has 0 spiro atoms. The lowest BCUT2D eigenvalue weighted by Crippen LogP contribution is -2.41. The molecule has 0 aromatic carbocycles. The smallest absolute Gasteiger partial charge is 0.172 e. The third-order valence-corrected chi connectivity index (χ3v) is 3.88. The van der Waals surface area contributed by atoms with Gasteiger partial charge in [-0.15, -0.1) is 37.0 Å². The van der Waals surface area contributed by atoms with Crippen molar-refractivity contribution in [1.29, 1.82) is 0 Å². The summed E-state index contributed by atoms with van der Waals surface area (Å²) in [5.74, 6) is -0.993. The summed E-state index contributed by atoms with van der Waals surface area (Å²) in [5.41, 5.74) is 0. The molecule has 74 valence electrons.